The smallest absolute Gasteiger partial charge is 0.322 e. The number of phenols is 2. The second kappa shape index (κ2) is 8.53. The lowest BCUT2D eigenvalue weighted by molar-refractivity contribution is -0.0657. The van der Waals surface area contributed by atoms with Gasteiger partial charge in [0, 0.05) is 25.1 Å². The predicted octanol–water partition coefficient (Wildman–Crippen LogP) is 3.43. The molecule has 2 aliphatic rings. The molecule has 3 atom stereocenters. The van der Waals surface area contributed by atoms with E-state index in [4.69, 9.17) is 10.5 Å². The Morgan fingerprint density at radius 1 is 1.23 bits per heavy atom. The zero-order chi connectivity index (χ0) is 21.3. The molecule has 2 aromatic carbocycles. The first kappa shape index (κ1) is 20.5. The number of anilines is 1. The maximum Gasteiger partial charge on any atom is 0.322 e. The molecule has 0 spiro atoms. The summed E-state index contributed by atoms with van der Waals surface area (Å²) in [5, 5.41) is 23.5. The van der Waals surface area contributed by atoms with Gasteiger partial charge in [-0.15, -0.1) is 0 Å². The van der Waals surface area contributed by atoms with E-state index in [2.05, 4.69) is 5.32 Å². The van der Waals surface area contributed by atoms with Gasteiger partial charge in [0.2, 0.25) is 0 Å². The van der Waals surface area contributed by atoms with Crippen LogP contribution in [0, 0.1) is 6.92 Å². The summed E-state index contributed by atoms with van der Waals surface area (Å²) in [6.07, 6.45) is 2.70. The summed E-state index contributed by atoms with van der Waals surface area (Å²) in [5.74, 6) is 0.325. The molecule has 7 nitrogen and oxygen atoms in total. The monoisotopic (exact) mass is 411 g/mol. The number of piperidine rings is 1. The molecule has 1 saturated heterocycles. The van der Waals surface area contributed by atoms with Gasteiger partial charge in [0.15, 0.2) is 0 Å². The molecule has 5 N–H and O–H groups in total. The van der Waals surface area contributed by atoms with Crippen molar-refractivity contribution in [3.05, 3.63) is 53.1 Å². The number of benzene rings is 2. The minimum atomic E-state index is -0.310. The molecule has 2 heterocycles. The number of para-hydroxylation sites is 2. The highest BCUT2D eigenvalue weighted by molar-refractivity contribution is 5.91. The van der Waals surface area contributed by atoms with Gasteiger partial charge < -0.3 is 30.9 Å². The van der Waals surface area contributed by atoms with E-state index in [9.17, 15) is 15.0 Å². The molecule has 1 fully saturated rings. The first-order valence-corrected chi connectivity index (χ1v) is 10.5. The third kappa shape index (κ3) is 3.82. The summed E-state index contributed by atoms with van der Waals surface area (Å²) in [4.78, 5) is 14.9. The van der Waals surface area contributed by atoms with Crippen LogP contribution in [-0.2, 0) is 11.2 Å². The van der Waals surface area contributed by atoms with Crippen molar-refractivity contribution in [1.29, 1.82) is 0 Å². The maximum atomic E-state index is 13.1. The van der Waals surface area contributed by atoms with Crippen molar-refractivity contribution in [1.82, 2.24) is 4.90 Å². The molecule has 4 rings (SSSR count). The topological polar surface area (TPSA) is 108 Å². The molecular formula is C23H29N3O4. The number of hydrogen-bond donors (Lipinski definition) is 4. The van der Waals surface area contributed by atoms with Gasteiger partial charge >= 0.3 is 6.03 Å². The Morgan fingerprint density at radius 2 is 2.03 bits per heavy atom. The van der Waals surface area contributed by atoms with Gasteiger partial charge in [-0.05, 0) is 49.4 Å². The molecule has 2 aromatic rings. The van der Waals surface area contributed by atoms with E-state index in [0.717, 1.165) is 36.0 Å². The second-order valence-corrected chi connectivity index (χ2v) is 8.11. The number of likely N-dealkylation sites (tertiary alicyclic amines) is 1. The van der Waals surface area contributed by atoms with Gasteiger partial charge in [-0.3, -0.25) is 0 Å². The average Bonchev–Trinajstić information content (AvgIpc) is 2.77. The largest absolute Gasteiger partial charge is 0.507 e. The standard InChI is InChI=1S/C23H29N3O4/c1-14-9-10-15-16(22(14)28)12-20(30-21(15)13-24)18-7-4-5-11-26(18)23(29)25-17-6-2-3-8-19(17)27/h2-3,6,8-10,18,20-21,27-28H,4-5,7,11-13,24H2,1H3,(H,25,29)/t18?,20-,21-/m0/s1. The summed E-state index contributed by atoms with van der Waals surface area (Å²) >= 11 is 0. The number of ether oxygens (including phenoxy) is 1. The van der Waals surface area contributed by atoms with Crippen LogP contribution in [0.2, 0.25) is 0 Å². The molecule has 30 heavy (non-hydrogen) atoms. The summed E-state index contributed by atoms with van der Waals surface area (Å²) in [5.41, 5.74) is 8.99. The molecule has 0 bridgehead atoms. The Balaban J connectivity index is 1.59. The highest BCUT2D eigenvalue weighted by Crippen LogP contribution is 2.39. The van der Waals surface area contributed by atoms with E-state index in [0.29, 0.717) is 30.9 Å². The Labute approximate surface area is 176 Å². The van der Waals surface area contributed by atoms with Crippen molar-refractivity contribution < 1.29 is 19.7 Å². The van der Waals surface area contributed by atoms with Crippen LogP contribution in [0.1, 0.15) is 42.1 Å². The predicted molar refractivity (Wildman–Crippen MR) is 115 cm³/mol. The van der Waals surface area contributed by atoms with Crippen LogP contribution in [0.15, 0.2) is 36.4 Å². The van der Waals surface area contributed by atoms with E-state index < -0.39 is 0 Å². The molecule has 0 radical (unpaired) electrons. The van der Waals surface area contributed by atoms with Crippen LogP contribution in [0.25, 0.3) is 0 Å². The quantitative estimate of drug-likeness (QED) is 0.579. The maximum absolute atomic E-state index is 13.1. The minimum Gasteiger partial charge on any atom is -0.507 e. The fourth-order valence-electron chi connectivity index (χ4n) is 4.59. The number of amides is 2. The first-order chi connectivity index (χ1) is 14.5. The summed E-state index contributed by atoms with van der Waals surface area (Å²) in [7, 11) is 0. The van der Waals surface area contributed by atoms with Gasteiger partial charge in [0.1, 0.15) is 11.5 Å². The molecule has 2 amide bonds. The number of hydrogen-bond acceptors (Lipinski definition) is 5. The van der Waals surface area contributed by atoms with Gasteiger partial charge in [-0.2, -0.15) is 0 Å². The van der Waals surface area contributed by atoms with Crippen molar-refractivity contribution in [2.75, 3.05) is 18.4 Å². The Morgan fingerprint density at radius 3 is 2.80 bits per heavy atom. The molecule has 0 aliphatic carbocycles. The van der Waals surface area contributed by atoms with E-state index in [1.54, 1.807) is 29.2 Å². The number of fused-ring (bicyclic) bond motifs is 1. The van der Waals surface area contributed by atoms with Crippen LogP contribution in [-0.4, -0.2) is 46.4 Å². The molecular weight excluding hydrogens is 382 g/mol. The Hall–Kier alpha value is -2.77. The number of nitrogens with one attached hydrogen (secondary N) is 1. The van der Waals surface area contributed by atoms with Gasteiger partial charge in [-0.25, -0.2) is 4.79 Å². The Bertz CT molecular complexity index is 933. The molecule has 1 unspecified atom stereocenters. The van der Waals surface area contributed by atoms with E-state index in [-0.39, 0.29) is 30.0 Å². The normalized spacial score (nSPS) is 23.7. The second-order valence-electron chi connectivity index (χ2n) is 8.11. The third-order valence-electron chi connectivity index (χ3n) is 6.21. The average molecular weight is 412 g/mol. The summed E-state index contributed by atoms with van der Waals surface area (Å²) in [6, 6.07) is 10.2. The third-order valence-corrected chi connectivity index (χ3v) is 6.21. The SMILES string of the molecule is Cc1ccc2c(c1O)C[C@@H](C1CCCCN1C(=O)Nc1ccccc1O)O[C@H]2CN. The lowest BCUT2D eigenvalue weighted by Crippen LogP contribution is -2.54. The number of nitrogens with two attached hydrogens (primary N) is 1. The zero-order valence-corrected chi connectivity index (χ0v) is 17.2. The summed E-state index contributed by atoms with van der Waals surface area (Å²) < 4.78 is 6.34. The minimum absolute atomic E-state index is 0.0332. The summed E-state index contributed by atoms with van der Waals surface area (Å²) in [6.45, 7) is 2.80. The van der Waals surface area contributed by atoms with Crippen molar-refractivity contribution >= 4 is 11.7 Å². The van der Waals surface area contributed by atoms with Gasteiger partial charge in [0.25, 0.3) is 0 Å². The number of urea groups is 1. The van der Waals surface area contributed by atoms with Crippen molar-refractivity contribution in [2.45, 2.75) is 50.9 Å². The van der Waals surface area contributed by atoms with Gasteiger partial charge in [-0.1, -0.05) is 24.3 Å². The number of aromatic hydroxyl groups is 2. The Kier molecular flexibility index (Phi) is 5.83. The highest BCUT2D eigenvalue weighted by Gasteiger charge is 2.39. The van der Waals surface area contributed by atoms with Crippen LogP contribution in [0.4, 0.5) is 10.5 Å². The number of phenolic OH excluding ortho intramolecular Hbond substituents is 2. The molecule has 160 valence electrons. The van der Waals surface area contributed by atoms with Crippen LogP contribution in [0.5, 0.6) is 11.5 Å². The number of aryl methyl sites for hydroxylation is 1. The highest BCUT2D eigenvalue weighted by atomic mass is 16.5. The fraction of sp³-hybridized carbons (Fsp3) is 0.435. The van der Waals surface area contributed by atoms with E-state index in [1.165, 1.54) is 0 Å². The lowest BCUT2D eigenvalue weighted by Gasteiger charge is -2.43. The molecule has 0 saturated carbocycles. The number of carbonyl (C=O) groups is 1. The van der Waals surface area contributed by atoms with Crippen molar-refractivity contribution in [3.63, 3.8) is 0 Å². The molecule has 2 aliphatic heterocycles. The van der Waals surface area contributed by atoms with Crippen LogP contribution in [0.3, 0.4) is 0 Å². The molecule has 7 heteroatoms. The zero-order valence-electron chi connectivity index (χ0n) is 17.2. The van der Waals surface area contributed by atoms with Crippen LogP contribution >= 0.6 is 0 Å². The first-order valence-electron chi connectivity index (χ1n) is 10.5. The van der Waals surface area contributed by atoms with E-state index >= 15 is 0 Å². The lowest BCUT2D eigenvalue weighted by atomic mass is 9.86. The van der Waals surface area contributed by atoms with Crippen LogP contribution < -0.4 is 11.1 Å². The van der Waals surface area contributed by atoms with Crippen molar-refractivity contribution in [3.8, 4) is 11.5 Å². The number of nitrogens with zero attached hydrogens (tertiary/aromatic N) is 1. The van der Waals surface area contributed by atoms with E-state index in [1.807, 2.05) is 19.1 Å². The van der Waals surface area contributed by atoms with Crippen molar-refractivity contribution in [2.24, 2.45) is 5.73 Å². The number of rotatable bonds is 3. The fourth-order valence-corrected chi connectivity index (χ4v) is 4.59. The number of carbonyl (C=O) groups excluding carboxylic acids is 1. The molecule has 0 aromatic heterocycles. The van der Waals surface area contributed by atoms with Gasteiger partial charge in [0.05, 0.1) is 23.9 Å².